The SMILES string of the molecule is CC1=NN(c2ccc(S(=O)(=O)CCO)cc2)C(=O)C1. The Bertz CT molecular complexity index is 620. The number of benzene rings is 1. The molecule has 1 amide bonds. The zero-order valence-electron chi connectivity index (χ0n) is 10.4. The van der Waals surface area contributed by atoms with Gasteiger partial charge in [0.15, 0.2) is 9.84 Å². The minimum Gasteiger partial charge on any atom is -0.395 e. The second kappa shape index (κ2) is 5.10. The Kier molecular flexibility index (Phi) is 3.68. The number of aliphatic hydroxyl groups is 1. The van der Waals surface area contributed by atoms with Crippen LogP contribution in [0, 0.1) is 0 Å². The molecule has 0 saturated heterocycles. The van der Waals surface area contributed by atoms with E-state index in [4.69, 9.17) is 5.11 Å². The third-order valence-corrected chi connectivity index (χ3v) is 4.42. The van der Waals surface area contributed by atoms with Gasteiger partial charge in [0.2, 0.25) is 0 Å². The molecule has 0 radical (unpaired) electrons. The smallest absolute Gasteiger partial charge is 0.253 e. The van der Waals surface area contributed by atoms with Crippen LogP contribution in [0.3, 0.4) is 0 Å². The maximum Gasteiger partial charge on any atom is 0.253 e. The van der Waals surface area contributed by atoms with Gasteiger partial charge in [0.25, 0.3) is 5.91 Å². The predicted molar refractivity (Wildman–Crippen MR) is 70.8 cm³/mol. The number of sulfone groups is 1. The third-order valence-electron chi connectivity index (χ3n) is 2.71. The number of anilines is 1. The lowest BCUT2D eigenvalue weighted by molar-refractivity contribution is -0.116. The molecular weight excluding hydrogens is 268 g/mol. The molecule has 1 aromatic rings. The molecule has 0 atom stereocenters. The largest absolute Gasteiger partial charge is 0.395 e. The van der Waals surface area contributed by atoms with Crippen LogP contribution in [0.1, 0.15) is 13.3 Å². The normalized spacial score (nSPS) is 15.8. The minimum absolute atomic E-state index is 0.123. The molecule has 0 saturated carbocycles. The number of amides is 1. The van der Waals surface area contributed by atoms with Gasteiger partial charge in [-0.3, -0.25) is 4.79 Å². The van der Waals surface area contributed by atoms with E-state index in [0.717, 1.165) is 5.71 Å². The van der Waals surface area contributed by atoms with E-state index < -0.39 is 16.4 Å². The zero-order valence-corrected chi connectivity index (χ0v) is 11.2. The van der Waals surface area contributed by atoms with Crippen LogP contribution in [0.4, 0.5) is 5.69 Å². The van der Waals surface area contributed by atoms with Crippen molar-refractivity contribution in [2.45, 2.75) is 18.2 Å². The number of hydrogen-bond acceptors (Lipinski definition) is 5. The van der Waals surface area contributed by atoms with E-state index in [2.05, 4.69) is 5.10 Å². The molecule has 1 N–H and O–H groups in total. The van der Waals surface area contributed by atoms with Gasteiger partial charge in [0.1, 0.15) is 0 Å². The predicted octanol–water partition coefficient (Wildman–Crippen LogP) is 0.565. The third kappa shape index (κ3) is 2.82. The number of nitrogens with zero attached hydrogens (tertiary/aromatic N) is 2. The lowest BCUT2D eigenvalue weighted by Crippen LogP contribution is -2.19. The summed E-state index contributed by atoms with van der Waals surface area (Å²) >= 11 is 0. The summed E-state index contributed by atoms with van der Waals surface area (Å²) in [4.78, 5) is 11.8. The summed E-state index contributed by atoms with van der Waals surface area (Å²) in [5, 5.41) is 14.0. The quantitative estimate of drug-likeness (QED) is 0.874. The van der Waals surface area contributed by atoms with Gasteiger partial charge in [0, 0.05) is 5.71 Å². The fourth-order valence-electron chi connectivity index (χ4n) is 1.79. The molecule has 1 heterocycles. The molecule has 0 aromatic heterocycles. The average molecular weight is 282 g/mol. The average Bonchev–Trinajstić information content (AvgIpc) is 2.68. The fourth-order valence-corrected chi connectivity index (χ4v) is 2.82. The van der Waals surface area contributed by atoms with Gasteiger partial charge in [-0.1, -0.05) is 0 Å². The van der Waals surface area contributed by atoms with Crippen molar-refractivity contribution >= 4 is 27.1 Å². The molecule has 1 aliphatic rings. The summed E-state index contributed by atoms with van der Waals surface area (Å²) in [6.45, 7) is 1.34. The number of hydrazone groups is 1. The molecule has 0 unspecified atom stereocenters. The van der Waals surface area contributed by atoms with Gasteiger partial charge >= 0.3 is 0 Å². The maximum atomic E-state index is 11.7. The monoisotopic (exact) mass is 282 g/mol. The summed E-state index contributed by atoms with van der Waals surface area (Å²) in [6.07, 6.45) is 0.282. The van der Waals surface area contributed by atoms with E-state index in [1.165, 1.54) is 29.3 Å². The topological polar surface area (TPSA) is 87.0 Å². The molecule has 0 aliphatic carbocycles. The molecule has 0 fully saturated rings. The van der Waals surface area contributed by atoms with Crippen LogP contribution in [0.2, 0.25) is 0 Å². The molecule has 6 nitrogen and oxygen atoms in total. The first-order valence-corrected chi connectivity index (χ1v) is 7.40. The standard InChI is InChI=1S/C12H14N2O4S/c1-9-8-12(16)14(13-9)10-2-4-11(5-3-10)19(17,18)7-6-15/h2-5,15H,6-8H2,1H3. The van der Waals surface area contributed by atoms with Crippen LogP contribution in [-0.2, 0) is 14.6 Å². The Hall–Kier alpha value is -1.73. The van der Waals surface area contributed by atoms with Gasteiger partial charge in [-0.15, -0.1) is 0 Å². The second-order valence-electron chi connectivity index (χ2n) is 4.25. The van der Waals surface area contributed by atoms with E-state index >= 15 is 0 Å². The van der Waals surface area contributed by atoms with Crippen LogP contribution >= 0.6 is 0 Å². The highest BCUT2D eigenvalue weighted by molar-refractivity contribution is 7.91. The van der Waals surface area contributed by atoms with Gasteiger partial charge in [0.05, 0.1) is 29.4 Å². The van der Waals surface area contributed by atoms with Gasteiger partial charge in [-0.25, -0.2) is 13.4 Å². The zero-order chi connectivity index (χ0) is 14.0. The van der Waals surface area contributed by atoms with Crippen LogP contribution in [0.25, 0.3) is 0 Å². The highest BCUT2D eigenvalue weighted by Gasteiger charge is 2.23. The Morgan fingerprint density at radius 1 is 1.32 bits per heavy atom. The van der Waals surface area contributed by atoms with E-state index in [9.17, 15) is 13.2 Å². The number of carbonyl (C=O) groups excluding carboxylic acids is 1. The van der Waals surface area contributed by atoms with Crippen molar-refractivity contribution in [1.82, 2.24) is 0 Å². The molecule has 7 heteroatoms. The van der Waals surface area contributed by atoms with Crippen LogP contribution in [0.5, 0.6) is 0 Å². The van der Waals surface area contributed by atoms with Crippen molar-refractivity contribution in [2.24, 2.45) is 5.10 Å². The highest BCUT2D eigenvalue weighted by Crippen LogP contribution is 2.22. The lowest BCUT2D eigenvalue weighted by Gasteiger charge is -2.12. The van der Waals surface area contributed by atoms with Crippen molar-refractivity contribution in [1.29, 1.82) is 0 Å². The van der Waals surface area contributed by atoms with Crippen molar-refractivity contribution in [3.05, 3.63) is 24.3 Å². The molecule has 1 aromatic carbocycles. The summed E-state index contributed by atoms with van der Waals surface area (Å²) in [6, 6.07) is 5.89. The van der Waals surface area contributed by atoms with Crippen molar-refractivity contribution < 1.29 is 18.3 Å². The number of rotatable bonds is 4. The van der Waals surface area contributed by atoms with Crippen LogP contribution in [-0.4, -0.2) is 37.5 Å². The maximum absolute atomic E-state index is 11.7. The molecule has 2 rings (SSSR count). The molecule has 0 bridgehead atoms. The van der Waals surface area contributed by atoms with Crippen LogP contribution in [0.15, 0.2) is 34.3 Å². The van der Waals surface area contributed by atoms with Crippen molar-refractivity contribution in [3.8, 4) is 0 Å². The van der Waals surface area contributed by atoms with E-state index in [0.29, 0.717) is 5.69 Å². The lowest BCUT2D eigenvalue weighted by atomic mass is 10.3. The summed E-state index contributed by atoms with van der Waals surface area (Å²) < 4.78 is 23.4. The summed E-state index contributed by atoms with van der Waals surface area (Å²) in [5.41, 5.74) is 1.26. The summed E-state index contributed by atoms with van der Waals surface area (Å²) in [5.74, 6) is -0.449. The van der Waals surface area contributed by atoms with Crippen molar-refractivity contribution in [2.75, 3.05) is 17.4 Å². The fraction of sp³-hybridized carbons (Fsp3) is 0.333. The Morgan fingerprint density at radius 3 is 2.42 bits per heavy atom. The first-order valence-electron chi connectivity index (χ1n) is 5.75. The number of hydrogen-bond donors (Lipinski definition) is 1. The molecule has 19 heavy (non-hydrogen) atoms. The van der Waals surface area contributed by atoms with Gasteiger partial charge in [-0.2, -0.15) is 5.10 Å². The first kappa shape index (κ1) is 13.7. The highest BCUT2D eigenvalue weighted by atomic mass is 32.2. The molecule has 102 valence electrons. The Labute approximate surface area is 111 Å². The van der Waals surface area contributed by atoms with E-state index in [1.807, 2.05) is 0 Å². The van der Waals surface area contributed by atoms with Gasteiger partial charge < -0.3 is 5.11 Å². The van der Waals surface area contributed by atoms with Gasteiger partial charge in [-0.05, 0) is 31.2 Å². The molecular formula is C12H14N2O4S. The van der Waals surface area contributed by atoms with Crippen molar-refractivity contribution in [3.63, 3.8) is 0 Å². The van der Waals surface area contributed by atoms with Crippen LogP contribution < -0.4 is 5.01 Å². The minimum atomic E-state index is -3.46. The summed E-state index contributed by atoms with van der Waals surface area (Å²) in [7, 11) is -3.46. The molecule has 1 aliphatic heterocycles. The molecule has 0 spiro atoms. The Morgan fingerprint density at radius 2 is 1.95 bits per heavy atom. The van der Waals surface area contributed by atoms with E-state index in [1.54, 1.807) is 6.92 Å². The van der Waals surface area contributed by atoms with E-state index in [-0.39, 0.29) is 23.0 Å². The number of carbonyl (C=O) groups is 1. The second-order valence-corrected chi connectivity index (χ2v) is 6.36. The first-order chi connectivity index (χ1) is 8.94. The Balaban J connectivity index is 2.27. The number of aliphatic hydroxyl groups excluding tert-OH is 1.